The molecule has 31 heavy (non-hydrogen) atoms. The lowest BCUT2D eigenvalue weighted by molar-refractivity contribution is -0.144. The molecular formula is C26H38O5. The van der Waals surface area contributed by atoms with E-state index in [9.17, 15) is 9.59 Å². The summed E-state index contributed by atoms with van der Waals surface area (Å²) in [5, 5.41) is 0. The van der Waals surface area contributed by atoms with Crippen LogP contribution in [0.25, 0.3) is 0 Å². The number of rotatable bonds is 16. The van der Waals surface area contributed by atoms with Crippen LogP contribution in [0.4, 0.5) is 0 Å². The molecule has 1 aromatic carbocycles. The maximum absolute atomic E-state index is 11.3. The van der Waals surface area contributed by atoms with E-state index in [1.807, 2.05) is 18.2 Å². The zero-order valence-corrected chi connectivity index (χ0v) is 19.2. The van der Waals surface area contributed by atoms with E-state index < -0.39 is 0 Å². The van der Waals surface area contributed by atoms with E-state index in [1.54, 1.807) is 0 Å². The Balaban J connectivity index is 2.09. The van der Waals surface area contributed by atoms with Crippen LogP contribution in [0.3, 0.4) is 0 Å². The zero-order valence-electron chi connectivity index (χ0n) is 19.2. The van der Waals surface area contributed by atoms with Crippen LogP contribution in [0.2, 0.25) is 0 Å². The third-order valence-electron chi connectivity index (χ3n) is 4.85. The Morgan fingerprint density at radius 3 is 2.35 bits per heavy atom. The average molecular weight is 431 g/mol. The van der Waals surface area contributed by atoms with Crippen LogP contribution in [-0.2, 0) is 30.4 Å². The molecule has 0 amide bonds. The predicted octanol–water partition coefficient (Wildman–Crippen LogP) is 5.60. The molecule has 5 heteroatoms. The van der Waals surface area contributed by atoms with Crippen LogP contribution in [0.1, 0.15) is 83.1 Å². The van der Waals surface area contributed by atoms with Crippen LogP contribution in [0, 0.1) is 11.8 Å². The monoisotopic (exact) mass is 430 g/mol. The molecule has 172 valence electrons. The molecule has 0 aliphatic rings. The summed E-state index contributed by atoms with van der Waals surface area (Å²) < 4.78 is 15.7. The van der Waals surface area contributed by atoms with E-state index >= 15 is 0 Å². The number of hydrogen-bond acceptors (Lipinski definition) is 5. The number of hydrogen-bond donors (Lipinski definition) is 0. The predicted molar refractivity (Wildman–Crippen MR) is 122 cm³/mol. The summed E-state index contributed by atoms with van der Waals surface area (Å²) in [6.07, 6.45) is 9.89. The molecular weight excluding hydrogens is 392 g/mol. The molecule has 0 radical (unpaired) electrons. The summed E-state index contributed by atoms with van der Waals surface area (Å²) in [5.74, 6) is 5.85. The van der Waals surface area contributed by atoms with E-state index in [4.69, 9.17) is 9.47 Å². The highest BCUT2D eigenvalue weighted by molar-refractivity contribution is 5.69. The van der Waals surface area contributed by atoms with Crippen LogP contribution >= 0.6 is 0 Å². The van der Waals surface area contributed by atoms with Crippen molar-refractivity contribution in [3.05, 3.63) is 35.9 Å². The van der Waals surface area contributed by atoms with E-state index in [1.165, 1.54) is 19.6 Å². The second-order valence-corrected chi connectivity index (χ2v) is 7.65. The summed E-state index contributed by atoms with van der Waals surface area (Å²) in [4.78, 5) is 22.4. The molecule has 0 fully saturated rings. The standard InChI is InChI=1S/C26H38O5/c1-23(27)31-25(18-12-5-3-4-6-14-20-26(28)29-2)19-13-7-8-15-21-30-22-24-16-10-9-11-17-24/h9-11,16-17,25H,3-8,12,14-15,18,20-22H2,1-2H3/t25-/m1/s1. The van der Waals surface area contributed by atoms with Gasteiger partial charge >= 0.3 is 11.9 Å². The minimum atomic E-state index is -0.314. The second-order valence-electron chi connectivity index (χ2n) is 7.65. The summed E-state index contributed by atoms with van der Waals surface area (Å²) in [5.41, 5.74) is 1.19. The summed E-state index contributed by atoms with van der Waals surface area (Å²) >= 11 is 0. The third-order valence-corrected chi connectivity index (χ3v) is 4.85. The van der Waals surface area contributed by atoms with Gasteiger partial charge in [0.2, 0.25) is 0 Å². The van der Waals surface area contributed by atoms with Crippen LogP contribution in [0.15, 0.2) is 30.3 Å². The first-order valence-electron chi connectivity index (χ1n) is 11.5. The van der Waals surface area contributed by atoms with Gasteiger partial charge in [0.15, 0.2) is 6.10 Å². The fraction of sp³-hybridized carbons (Fsp3) is 0.615. The molecule has 0 N–H and O–H groups in total. The molecule has 0 aliphatic heterocycles. The van der Waals surface area contributed by atoms with Gasteiger partial charge in [-0.15, -0.1) is 0 Å². The van der Waals surface area contributed by atoms with Gasteiger partial charge in [0, 0.05) is 26.4 Å². The van der Waals surface area contributed by atoms with E-state index in [0.717, 1.165) is 70.8 Å². The first-order valence-corrected chi connectivity index (χ1v) is 11.5. The molecule has 0 saturated heterocycles. The average Bonchev–Trinajstić information content (AvgIpc) is 2.77. The van der Waals surface area contributed by atoms with Crippen LogP contribution in [-0.4, -0.2) is 31.8 Å². The Morgan fingerprint density at radius 2 is 1.65 bits per heavy atom. The van der Waals surface area contributed by atoms with Crippen molar-refractivity contribution in [2.75, 3.05) is 13.7 Å². The van der Waals surface area contributed by atoms with Gasteiger partial charge in [-0.25, -0.2) is 0 Å². The smallest absolute Gasteiger partial charge is 0.305 e. The first kappa shape index (κ1) is 26.7. The van der Waals surface area contributed by atoms with Gasteiger partial charge in [-0.2, -0.15) is 0 Å². The number of methoxy groups -OCH3 is 1. The van der Waals surface area contributed by atoms with Crippen molar-refractivity contribution < 1.29 is 23.8 Å². The summed E-state index contributed by atoms with van der Waals surface area (Å²) in [6.45, 7) is 2.80. The molecule has 0 bridgehead atoms. The number of ether oxygens (including phenoxy) is 3. The third kappa shape index (κ3) is 16.1. The zero-order chi connectivity index (χ0) is 22.6. The molecule has 0 aromatic heterocycles. The summed E-state index contributed by atoms with van der Waals surface area (Å²) in [7, 11) is 1.42. The molecule has 0 saturated carbocycles. The molecule has 5 nitrogen and oxygen atoms in total. The highest BCUT2D eigenvalue weighted by atomic mass is 16.5. The quantitative estimate of drug-likeness (QED) is 0.194. The largest absolute Gasteiger partial charge is 0.469 e. The molecule has 1 atom stereocenters. The van der Waals surface area contributed by atoms with Crippen LogP contribution in [0.5, 0.6) is 0 Å². The molecule has 1 rings (SSSR count). The highest BCUT2D eigenvalue weighted by Crippen LogP contribution is 2.12. The van der Waals surface area contributed by atoms with Crippen molar-refractivity contribution in [1.29, 1.82) is 0 Å². The van der Waals surface area contributed by atoms with Gasteiger partial charge in [0.25, 0.3) is 0 Å². The Hall–Kier alpha value is -2.32. The van der Waals surface area contributed by atoms with Crippen molar-refractivity contribution in [2.24, 2.45) is 0 Å². The maximum atomic E-state index is 11.3. The van der Waals surface area contributed by atoms with Crippen molar-refractivity contribution in [1.82, 2.24) is 0 Å². The topological polar surface area (TPSA) is 61.8 Å². The molecule has 1 aromatic rings. The highest BCUT2D eigenvalue weighted by Gasteiger charge is 2.08. The minimum absolute atomic E-state index is 0.137. The van der Waals surface area contributed by atoms with Gasteiger partial charge < -0.3 is 14.2 Å². The Morgan fingerprint density at radius 1 is 0.935 bits per heavy atom. The van der Waals surface area contributed by atoms with Crippen LogP contribution < -0.4 is 0 Å². The normalized spacial score (nSPS) is 11.3. The van der Waals surface area contributed by atoms with E-state index in [-0.39, 0.29) is 18.0 Å². The van der Waals surface area contributed by atoms with Gasteiger partial charge in [-0.05, 0) is 37.7 Å². The maximum Gasteiger partial charge on any atom is 0.305 e. The molecule has 0 aliphatic carbocycles. The Kier molecular flexibility index (Phi) is 15.9. The number of esters is 2. The second kappa shape index (κ2) is 18.4. The number of benzene rings is 1. The SMILES string of the molecule is COC(=O)CCCCCCCC[C@H](C#CCCCCOCc1ccccc1)OC(C)=O. The summed E-state index contributed by atoms with van der Waals surface area (Å²) in [6, 6.07) is 10.2. The molecule has 0 heterocycles. The fourth-order valence-corrected chi connectivity index (χ4v) is 3.14. The first-order chi connectivity index (χ1) is 15.1. The van der Waals surface area contributed by atoms with Crippen molar-refractivity contribution >= 4 is 11.9 Å². The van der Waals surface area contributed by atoms with Crippen molar-refractivity contribution in [3.63, 3.8) is 0 Å². The van der Waals surface area contributed by atoms with Gasteiger partial charge in [0.05, 0.1) is 13.7 Å². The fourth-order valence-electron chi connectivity index (χ4n) is 3.14. The van der Waals surface area contributed by atoms with Crippen molar-refractivity contribution in [2.45, 2.75) is 90.3 Å². The number of carbonyl (C=O) groups excluding carboxylic acids is 2. The number of carbonyl (C=O) groups is 2. The molecule has 0 spiro atoms. The van der Waals surface area contributed by atoms with Gasteiger partial charge in [0.1, 0.15) is 0 Å². The minimum Gasteiger partial charge on any atom is -0.469 e. The van der Waals surface area contributed by atoms with Crippen molar-refractivity contribution in [3.8, 4) is 11.8 Å². The Bertz CT molecular complexity index is 659. The Labute approximate surface area is 187 Å². The lowest BCUT2D eigenvalue weighted by Crippen LogP contribution is -2.14. The molecule has 0 unspecified atom stereocenters. The van der Waals surface area contributed by atoms with Gasteiger partial charge in [-0.1, -0.05) is 67.9 Å². The van der Waals surface area contributed by atoms with E-state index in [2.05, 4.69) is 28.7 Å². The van der Waals surface area contributed by atoms with E-state index in [0.29, 0.717) is 13.0 Å². The van der Waals surface area contributed by atoms with Gasteiger partial charge in [-0.3, -0.25) is 9.59 Å². The lowest BCUT2D eigenvalue weighted by Gasteiger charge is -2.10. The number of unbranched alkanes of at least 4 members (excludes halogenated alkanes) is 7. The lowest BCUT2D eigenvalue weighted by atomic mass is 10.1.